The number of aromatic nitrogens is 1. The predicted octanol–water partition coefficient (Wildman–Crippen LogP) is 4.69. The zero-order valence-electron chi connectivity index (χ0n) is 11.5. The predicted molar refractivity (Wildman–Crippen MR) is 89.2 cm³/mol. The Labute approximate surface area is 131 Å². The number of thiazole rings is 1. The van der Waals surface area contributed by atoms with Crippen molar-refractivity contribution in [1.29, 1.82) is 0 Å². The van der Waals surface area contributed by atoms with Crippen molar-refractivity contribution in [2.24, 2.45) is 0 Å². The quantitative estimate of drug-likeness (QED) is 0.759. The van der Waals surface area contributed by atoms with Gasteiger partial charge in [0.2, 0.25) is 0 Å². The number of benzene rings is 1. The Hall–Kier alpha value is -1.98. The zero-order valence-corrected chi connectivity index (χ0v) is 13.1. The molecule has 0 atom stereocenters. The Morgan fingerprint density at radius 1 is 1.19 bits per heavy atom. The molecule has 3 nitrogen and oxygen atoms in total. The van der Waals surface area contributed by atoms with Crippen molar-refractivity contribution in [3.63, 3.8) is 0 Å². The summed E-state index contributed by atoms with van der Waals surface area (Å²) in [4.78, 5) is 18.6. The van der Waals surface area contributed by atoms with Crippen molar-refractivity contribution >= 4 is 33.7 Å². The van der Waals surface area contributed by atoms with E-state index in [1.54, 1.807) is 11.3 Å². The summed E-state index contributed by atoms with van der Waals surface area (Å²) in [6, 6.07) is 13.7. The lowest BCUT2D eigenvalue weighted by molar-refractivity contribution is 0.103. The standard InChI is InChI=1S/C16H14N2OS2/c1-2-12-14(11-7-4-3-5-8-11)17-16(21-12)18-15(19)13-9-6-10-20-13/h3-10H,2H2,1H3,(H,17,18,19). The fraction of sp³-hybridized carbons (Fsp3) is 0.125. The number of hydrogen-bond donors (Lipinski definition) is 1. The maximum Gasteiger partial charge on any atom is 0.267 e. The molecule has 2 heterocycles. The second-order valence-corrected chi connectivity index (χ2v) is 6.47. The Morgan fingerprint density at radius 3 is 2.67 bits per heavy atom. The fourth-order valence-electron chi connectivity index (χ4n) is 2.03. The summed E-state index contributed by atoms with van der Waals surface area (Å²) in [6.45, 7) is 2.10. The van der Waals surface area contributed by atoms with E-state index in [1.165, 1.54) is 16.2 Å². The van der Waals surface area contributed by atoms with Gasteiger partial charge in [-0.25, -0.2) is 4.98 Å². The van der Waals surface area contributed by atoms with E-state index in [4.69, 9.17) is 0 Å². The van der Waals surface area contributed by atoms with Crippen LogP contribution in [0.2, 0.25) is 0 Å². The maximum atomic E-state index is 12.1. The summed E-state index contributed by atoms with van der Waals surface area (Å²) >= 11 is 2.97. The molecule has 106 valence electrons. The number of carbonyl (C=O) groups is 1. The van der Waals surface area contributed by atoms with Gasteiger partial charge in [-0.15, -0.1) is 22.7 Å². The van der Waals surface area contributed by atoms with Crippen molar-refractivity contribution in [3.05, 3.63) is 57.6 Å². The van der Waals surface area contributed by atoms with Crippen LogP contribution in [-0.4, -0.2) is 10.9 Å². The molecule has 0 aliphatic heterocycles. The topological polar surface area (TPSA) is 42.0 Å². The van der Waals surface area contributed by atoms with E-state index >= 15 is 0 Å². The van der Waals surface area contributed by atoms with Crippen LogP contribution in [0, 0.1) is 0 Å². The minimum atomic E-state index is -0.0963. The van der Waals surface area contributed by atoms with Crippen LogP contribution in [0.4, 0.5) is 5.13 Å². The highest BCUT2D eigenvalue weighted by Gasteiger charge is 2.14. The molecule has 0 spiro atoms. The first-order valence-corrected chi connectivity index (χ1v) is 8.37. The average molecular weight is 314 g/mol. The second-order valence-electron chi connectivity index (χ2n) is 4.44. The molecule has 0 aliphatic carbocycles. The molecule has 0 saturated heterocycles. The van der Waals surface area contributed by atoms with Crippen LogP contribution in [0.1, 0.15) is 21.5 Å². The number of nitrogens with zero attached hydrogens (tertiary/aromatic N) is 1. The fourth-order valence-corrected chi connectivity index (χ4v) is 3.57. The molecule has 0 bridgehead atoms. The molecule has 21 heavy (non-hydrogen) atoms. The number of hydrogen-bond acceptors (Lipinski definition) is 4. The Balaban J connectivity index is 1.88. The van der Waals surface area contributed by atoms with Crippen LogP contribution in [0.25, 0.3) is 11.3 Å². The average Bonchev–Trinajstić information content (AvgIpc) is 3.17. The van der Waals surface area contributed by atoms with Gasteiger partial charge in [0, 0.05) is 10.4 Å². The lowest BCUT2D eigenvalue weighted by Gasteiger charge is -1.99. The molecule has 3 rings (SSSR count). The summed E-state index contributed by atoms with van der Waals surface area (Å²) in [6.07, 6.45) is 0.900. The number of amides is 1. The first-order valence-electron chi connectivity index (χ1n) is 6.68. The highest BCUT2D eigenvalue weighted by atomic mass is 32.1. The van der Waals surface area contributed by atoms with Crippen LogP contribution < -0.4 is 5.32 Å². The lowest BCUT2D eigenvalue weighted by atomic mass is 10.1. The third-order valence-corrected chi connectivity index (χ3v) is 5.01. The molecule has 5 heteroatoms. The van der Waals surface area contributed by atoms with E-state index in [0.29, 0.717) is 10.0 Å². The van der Waals surface area contributed by atoms with Crippen LogP contribution >= 0.6 is 22.7 Å². The molecule has 0 fully saturated rings. The third-order valence-electron chi connectivity index (χ3n) is 3.03. The van der Waals surface area contributed by atoms with E-state index in [2.05, 4.69) is 17.2 Å². The molecular weight excluding hydrogens is 300 g/mol. The number of aryl methyl sites for hydroxylation is 1. The number of carbonyl (C=O) groups excluding carboxylic acids is 1. The first-order chi connectivity index (χ1) is 10.3. The Morgan fingerprint density at radius 2 is 2.00 bits per heavy atom. The van der Waals surface area contributed by atoms with Gasteiger partial charge < -0.3 is 0 Å². The minimum Gasteiger partial charge on any atom is -0.297 e. The maximum absolute atomic E-state index is 12.1. The molecule has 0 unspecified atom stereocenters. The SMILES string of the molecule is CCc1sc(NC(=O)c2cccs2)nc1-c1ccccc1. The van der Waals surface area contributed by atoms with E-state index in [9.17, 15) is 4.79 Å². The van der Waals surface area contributed by atoms with Crippen molar-refractivity contribution < 1.29 is 4.79 Å². The second kappa shape index (κ2) is 6.20. The van der Waals surface area contributed by atoms with Gasteiger partial charge in [0.25, 0.3) is 5.91 Å². The highest BCUT2D eigenvalue weighted by molar-refractivity contribution is 7.16. The molecule has 1 amide bonds. The summed E-state index contributed by atoms with van der Waals surface area (Å²) in [5.74, 6) is -0.0963. The van der Waals surface area contributed by atoms with Gasteiger partial charge >= 0.3 is 0 Å². The number of nitrogens with one attached hydrogen (secondary N) is 1. The number of anilines is 1. The van der Waals surface area contributed by atoms with Gasteiger partial charge in [-0.1, -0.05) is 43.3 Å². The monoisotopic (exact) mass is 314 g/mol. The van der Waals surface area contributed by atoms with E-state index in [1.807, 2.05) is 47.8 Å². The van der Waals surface area contributed by atoms with E-state index in [0.717, 1.165) is 17.7 Å². The normalized spacial score (nSPS) is 10.5. The van der Waals surface area contributed by atoms with Gasteiger partial charge in [0.05, 0.1) is 10.6 Å². The molecule has 0 radical (unpaired) electrons. The molecule has 0 aliphatic rings. The number of thiophene rings is 1. The molecular formula is C16H14N2OS2. The van der Waals surface area contributed by atoms with Crippen molar-refractivity contribution in [2.75, 3.05) is 5.32 Å². The smallest absolute Gasteiger partial charge is 0.267 e. The molecule has 2 aromatic heterocycles. The molecule has 1 N–H and O–H groups in total. The number of rotatable bonds is 4. The van der Waals surface area contributed by atoms with Gasteiger partial charge in [-0.3, -0.25) is 10.1 Å². The summed E-state index contributed by atoms with van der Waals surface area (Å²) < 4.78 is 0. The molecule has 1 aromatic carbocycles. The minimum absolute atomic E-state index is 0.0963. The zero-order chi connectivity index (χ0) is 14.7. The summed E-state index contributed by atoms with van der Waals surface area (Å²) in [5, 5.41) is 5.44. The van der Waals surface area contributed by atoms with E-state index in [-0.39, 0.29) is 5.91 Å². The molecule has 3 aromatic rings. The van der Waals surface area contributed by atoms with E-state index < -0.39 is 0 Å². The van der Waals surface area contributed by atoms with Gasteiger partial charge in [0.15, 0.2) is 5.13 Å². The molecule has 0 saturated carbocycles. The Kier molecular flexibility index (Phi) is 4.13. The summed E-state index contributed by atoms with van der Waals surface area (Å²) in [5.41, 5.74) is 2.05. The van der Waals surface area contributed by atoms with Crippen LogP contribution in [0.15, 0.2) is 47.8 Å². The van der Waals surface area contributed by atoms with Crippen LogP contribution in [0.3, 0.4) is 0 Å². The highest BCUT2D eigenvalue weighted by Crippen LogP contribution is 2.31. The van der Waals surface area contributed by atoms with Crippen molar-refractivity contribution in [3.8, 4) is 11.3 Å². The van der Waals surface area contributed by atoms with Gasteiger partial charge in [-0.2, -0.15) is 0 Å². The third kappa shape index (κ3) is 3.04. The lowest BCUT2D eigenvalue weighted by Crippen LogP contribution is -2.09. The van der Waals surface area contributed by atoms with Crippen LogP contribution in [0.5, 0.6) is 0 Å². The van der Waals surface area contributed by atoms with Crippen molar-refractivity contribution in [2.45, 2.75) is 13.3 Å². The Bertz CT molecular complexity index is 733. The van der Waals surface area contributed by atoms with Gasteiger partial charge in [-0.05, 0) is 17.9 Å². The first kappa shape index (κ1) is 14.0. The van der Waals surface area contributed by atoms with Crippen LogP contribution in [-0.2, 0) is 6.42 Å². The van der Waals surface area contributed by atoms with Crippen molar-refractivity contribution in [1.82, 2.24) is 4.98 Å². The van der Waals surface area contributed by atoms with Gasteiger partial charge in [0.1, 0.15) is 0 Å². The summed E-state index contributed by atoms with van der Waals surface area (Å²) in [7, 11) is 0. The largest absolute Gasteiger partial charge is 0.297 e.